The Kier molecular flexibility index (Phi) is 3.62. The molecule has 18 heavy (non-hydrogen) atoms. The Morgan fingerprint density at radius 1 is 1.44 bits per heavy atom. The SMILES string of the molecule is CCCc1nc2ccc(C(=O)O)cc2n1CCO. The van der Waals surface area contributed by atoms with E-state index >= 15 is 0 Å². The number of rotatable bonds is 5. The van der Waals surface area contributed by atoms with Crippen molar-refractivity contribution < 1.29 is 15.0 Å². The van der Waals surface area contributed by atoms with E-state index in [2.05, 4.69) is 11.9 Å². The summed E-state index contributed by atoms with van der Waals surface area (Å²) in [6.07, 6.45) is 1.78. The van der Waals surface area contributed by atoms with Crippen LogP contribution >= 0.6 is 0 Å². The van der Waals surface area contributed by atoms with Crippen LogP contribution in [0.5, 0.6) is 0 Å². The summed E-state index contributed by atoms with van der Waals surface area (Å²) in [4.78, 5) is 15.4. The fraction of sp³-hybridized carbons (Fsp3) is 0.385. The van der Waals surface area contributed by atoms with Gasteiger partial charge >= 0.3 is 5.97 Å². The molecule has 0 amide bonds. The van der Waals surface area contributed by atoms with E-state index < -0.39 is 5.97 Å². The molecule has 0 saturated heterocycles. The molecule has 0 fully saturated rings. The van der Waals surface area contributed by atoms with Crippen LogP contribution in [0.4, 0.5) is 0 Å². The molecule has 1 aromatic carbocycles. The molecule has 0 bridgehead atoms. The highest BCUT2D eigenvalue weighted by Gasteiger charge is 2.12. The Hall–Kier alpha value is -1.88. The molecule has 96 valence electrons. The van der Waals surface area contributed by atoms with Crippen LogP contribution < -0.4 is 0 Å². The number of nitrogens with zero attached hydrogens (tertiary/aromatic N) is 2. The third-order valence-corrected chi connectivity index (χ3v) is 2.87. The van der Waals surface area contributed by atoms with Gasteiger partial charge in [-0.2, -0.15) is 0 Å². The number of imidazole rings is 1. The number of hydrogen-bond acceptors (Lipinski definition) is 3. The average molecular weight is 248 g/mol. The lowest BCUT2D eigenvalue weighted by atomic mass is 10.2. The van der Waals surface area contributed by atoms with E-state index in [4.69, 9.17) is 10.2 Å². The highest BCUT2D eigenvalue weighted by Crippen LogP contribution is 2.19. The number of carboxylic acid groups (broad SMARTS) is 1. The zero-order chi connectivity index (χ0) is 13.1. The molecule has 0 unspecified atom stereocenters. The maximum atomic E-state index is 11.0. The number of aromatic carboxylic acids is 1. The van der Waals surface area contributed by atoms with Gasteiger partial charge in [0.15, 0.2) is 0 Å². The summed E-state index contributed by atoms with van der Waals surface area (Å²) in [5.74, 6) is -0.0604. The first-order chi connectivity index (χ1) is 8.67. The van der Waals surface area contributed by atoms with Crippen molar-refractivity contribution in [2.75, 3.05) is 6.61 Å². The van der Waals surface area contributed by atoms with Gasteiger partial charge in [-0.15, -0.1) is 0 Å². The second-order valence-corrected chi connectivity index (χ2v) is 4.16. The molecule has 1 heterocycles. The number of aliphatic hydroxyl groups is 1. The monoisotopic (exact) mass is 248 g/mol. The second kappa shape index (κ2) is 5.18. The maximum absolute atomic E-state index is 11.0. The predicted octanol–water partition coefficient (Wildman–Crippen LogP) is 1.68. The van der Waals surface area contributed by atoms with Gasteiger partial charge in [-0.1, -0.05) is 6.92 Å². The summed E-state index contributed by atoms with van der Waals surface area (Å²) in [6.45, 7) is 2.51. The highest BCUT2D eigenvalue weighted by molar-refractivity contribution is 5.92. The maximum Gasteiger partial charge on any atom is 0.335 e. The lowest BCUT2D eigenvalue weighted by molar-refractivity contribution is 0.0697. The van der Waals surface area contributed by atoms with Crippen molar-refractivity contribution in [2.45, 2.75) is 26.3 Å². The lowest BCUT2D eigenvalue weighted by Gasteiger charge is -2.06. The standard InChI is InChI=1S/C13H16N2O3/c1-2-3-12-14-10-5-4-9(13(17)18)8-11(10)15(12)6-7-16/h4-5,8,16H,2-3,6-7H2,1H3,(H,17,18). The number of fused-ring (bicyclic) bond motifs is 1. The predicted molar refractivity (Wildman–Crippen MR) is 67.8 cm³/mol. The van der Waals surface area contributed by atoms with Gasteiger partial charge in [0.1, 0.15) is 5.82 Å². The number of aryl methyl sites for hydroxylation is 1. The second-order valence-electron chi connectivity index (χ2n) is 4.16. The quantitative estimate of drug-likeness (QED) is 0.844. The number of carboxylic acids is 1. The number of aromatic nitrogens is 2. The molecule has 0 radical (unpaired) electrons. The molecule has 1 aromatic heterocycles. The zero-order valence-corrected chi connectivity index (χ0v) is 10.3. The van der Waals surface area contributed by atoms with Crippen LogP contribution in [0.2, 0.25) is 0 Å². The molecule has 0 aliphatic heterocycles. The van der Waals surface area contributed by atoms with Crippen LogP contribution in [0.25, 0.3) is 11.0 Å². The Balaban J connectivity index is 2.59. The van der Waals surface area contributed by atoms with E-state index in [1.54, 1.807) is 18.2 Å². The van der Waals surface area contributed by atoms with E-state index in [9.17, 15) is 4.79 Å². The third-order valence-electron chi connectivity index (χ3n) is 2.87. The van der Waals surface area contributed by atoms with Crippen molar-refractivity contribution >= 4 is 17.0 Å². The molecule has 0 aliphatic carbocycles. The van der Waals surface area contributed by atoms with E-state index in [-0.39, 0.29) is 12.2 Å². The summed E-state index contributed by atoms with van der Waals surface area (Å²) in [5, 5.41) is 18.1. The van der Waals surface area contributed by atoms with E-state index in [1.807, 2.05) is 4.57 Å². The van der Waals surface area contributed by atoms with Crippen molar-refractivity contribution in [3.05, 3.63) is 29.6 Å². The summed E-state index contributed by atoms with van der Waals surface area (Å²) in [6, 6.07) is 4.88. The largest absolute Gasteiger partial charge is 0.478 e. The van der Waals surface area contributed by atoms with Crippen LogP contribution in [0.1, 0.15) is 29.5 Å². The minimum absolute atomic E-state index is 0.0134. The smallest absolute Gasteiger partial charge is 0.335 e. The number of hydrogen-bond donors (Lipinski definition) is 2. The van der Waals surface area contributed by atoms with Crippen LogP contribution in [-0.2, 0) is 13.0 Å². The van der Waals surface area contributed by atoms with E-state index in [1.165, 1.54) is 0 Å². The summed E-state index contributed by atoms with van der Waals surface area (Å²) >= 11 is 0. The Morgan fingerprint density at radius 2 is 2.22 bits per heavy atom. The summed E-state index contributed by atoms with van der Waals surface area (Å²) in [5.41, 5.74) is 1.79. The summed E-state index contributed by atoms with van der Waals surface area (Å²) < 4.78 is 1.89. The van der Waals surface area contributed by atoms with Crippen molar-refractivity contribution in [3.8, 4) is 0 Å². The molecule has 0 spiro atoms. The number of benzene rings is 1. The van der Waals surface area contributed by atoms with Gasteiger partial charge in [0.25, 0.3) is 0 Å². The van der Waals surface area contributed by atoms with Gasteiger partial charge in [-0.05, 0) is 24.6 Å². The van der Waals surface area contributed by atoms with Crippen LogP contribution in [0.15, 0.2) is 18.2 Å². The van der Waals surface area contributed by atoms with Gasteiger partial charge in [0, 0.05) is 13.0 Å². The zero-order valence-electron chi connectivity index (χ0n) is 10.3. The van der Waals surface area contributed by atoms with Crippen molar-refractivity contribution in [1.29, 1.82) is 0 Å². The van der Waals surface area contributed by atoms with Crippen molar-refractivity contribution in [3.63, 3.8) is 0 Å². The van der Waals surface area contributed by atoms with Crippen LogP contribution in [-0.4, -0.2) is 32.3 Å². The van der Waals surface area contributed by atoms with Crippen LogP contribution in [0, 0.1) is 0 Å². The topological polar surface area (TPSA) is 75.3 Å². The fourth-order valence-corrected chi connectivity index (χ4v) is 2.07. The Bertz CT molecular complexity index is 575. The molecule has 5 heteroatoms. The van der Waals surface area contributed by atoms with Gasteiger partial charge in [0.05, 0.1) is 23.2 Å². The molecule has 0 atom stereocenters. The molecule has 2 aromatic rings. The van der Waals surface area contributed by atoms with Gasteiger partial charge in [0.2, 0.25) is 0 Å². The first kappa shape index (κ1) is 12.6. The summed E-state index contributed by atoms with van der Waals surface area (Å²) in [7, 11) is 0. The minimum Gasteiger partial charge on any atom is -0.478 e. The number of carbonyl (C=O) groups is 1. The molecule has 2 N–H and O–H groups in total. The molecule has 2 rings (SSSR count). The third kappa shape index (κ3) is 2.22. The molecule has 5 nitrogen and oxygen atoms in total. The Morgan fingerprint density at radius 3 is 2.83 bits per heavy atom. The van der Waals surface area contributed by atoms with Gasteiger partial charge in [-0.3, -0.25) is 0 Å². The first-order valence-corrected chi connectivity index (χ1v) is 6.00. The Labute approximate surface area is 105 Å². The van der Waals surface area contributed by atoms with Crippen molar-refractivity contribution in [1.82, 2.24) is 9.55 Å². The van der Waals surface area contributed by atoms with Crippen molar-refractivity contribution in [2.24, 2.45) is 0 Å². The minimum atomic E-state index is -0.953. The van der Waals surface area contributed by atoms with E-state index in [0.717, 1.165) is 29.7 Å². The van der Waals surface area contributed by atoms with Gasteiger partial charge in [-0.25, -0.2) is 9.78 Å². The molecule has 0 aliphatic rings. The van der Waals surface area contributed by atoms with E-state index in [0.29, 0.717) is 6.54 Å². The molecular weight excluding hydrogens is 232 g/mol. The molecular formula is C13H16N2O3. The molecule has 0 saturated carbocycles. The lowest BCUT2D eigenvalue weighted by Crippen LogP contribution is -2.07. The van der Waals surface area contributed by atoms with Crippen LogP contribution in [0.3, 0.4) is 0 Å². The first-order valence-electron chi connectivity index (χ1n) is 6.00. The fourth-order valence-electron chi connectivity index (χ4n) is 2.07. The number of aliphatic hydroxyl groups excluding tert-OH is 1. The van der Waals surface area contributed by atoms with Gasteiger partial charge < -0.3 is 14.8 Å². The highest BCUT2D eigenvalue weighted by atomic mass is 16.4. The average Bonchev–Trinajstić information content (AvgIpc) is 2.68. The normalized spacial score (nSPS) is 11.0.